The van der Waals surface area contributed by atoms with Gasteiger partial charge in [-0.2, -0.15) is 0 Å². The number of nitrogens with zero attached hydrogens (tertiary/aromatic N) is 1. The quantitative estimate of drug-likeness (QED) is 0.934. The van der Waals surface area contributed by atoms with Crippen LogP contribution in [-0.2, 0) is 11.2 Å². The van der Waals surface area contributed by atoms with Crippen LogP contribution in [-0.4, -0.2) is 18.0 Å². The molecule has 5 heteroatoms. The number of nitrogens with one attached hydrogen (secondary N) is 1. The van der Waals surface area contributed by atoms with Crippen molar-refractivity contribution in [3.05, 3.63) is 39.8 Å². The van der Waals surface area contributed by atoms with E-state index in [0.717, 1.165) is 16.3 Å². The molecular weight excluding hydrogens is 260 g/mol. The normalized spacial score (nSPS) is 10.3. The van der Waals surface area contributed by atoms with Crippen LogP contribution in [0.5, 0.6) is 5.75 Å². The molecule has 0 radical (unpaired) electrons. The molecule has 0 unspecified atom stereocenters. The van der Waals surface area contributed by atoms with Crippen molar-refractivity contribution in [1.82, 2.24) is 4.98 Å². The maximum atomic E-state index is 12.0. The van der Waals surface area contributed by atoms with Crippen molar-refractivity contribution in [1.29, 1.82) is 0 Å². The highest BCUT2D eigenvalue weighted by atomic mass is 32.1. The van der Waals surface area contributed by atoms with Crippen molar-refractivity contribution in [2.24, 2.45) is 0 Å². The average molecular weight is 276 g/mol. The predicted octanol–water partition coefficient (Wildman–Crippen LogP) is 2.95. The number of aryl methyl sites for hydroxylation is 2. The number of amides is 1. The summed E-state index contributed by atoms with van der Waals surface area (Å²) in [6.45, 7) is 3.90. The lowest BCUT2D eigenvalue weighted by molar-refractivity contribution is -0.115. The standard InChI is InChI=1S/C14H16N2O2S/c1-9-4-5-13(18-3)12(6-9)16-14(17)7-11-8-19-10(2)15-11/h4-6,8H,7H2,1-3H3,(H,16,17). The van der Waals surface area contributed by atoms with Gasteiger partial charge in [-0.3, -0.25) is 4.79 Å². The molecule has 4 nitrogen and oxygen atoms in total. The summed E-state index contributed by atoms with van der Waals surface area (Å²) in [7, 11) is 1.59. The van der Waals surface area contributed by atoms with Gasteiger partial charge in [0, 0.05) is 5.38 Å². The number of benzene rings is 1. The van der Waals surface area contributed by atoms with E-state index in [1.54, 1.807) is 18.4 Å². The number of rotatable bonds is 4. The monoisotopic (exact) mass is 276 g/mol. The highest BCUT2D eigenvalue weighted by Crippen LogP contribution is 2.25. The number of hydrogen-bond donors (Lipinski definition) is 1. The molecule has 2 rings (SSSR count). The molecule has 0 atom stereocenters. The van der Waals surface area contributed by atoms with Crippen LogP contribution < -0.4 is 10.1 Å². The van der Waals surface area contributed by atoms with Gasteiger partial charge < -0.3 is 10.1 Å². The minimum Gasteiger partial charge on any atom is -0.495 e. The third-order valence-corrected chi connectivity index (χ3v) is 3.46. The Morgan fingerprint density at radius 2 is 2.21 bits per heavy atom. The first kappa shape index (κ1) is 13.5. The summed E-state index contributed by atoms with van der Waals surface area (Å²) in [5, 5.41) is 5.73. The van der Waals surface area contributed by atoms with Crippen molar-refractivity contribution in [2.45, 2.75) is 20.3 Å². The van der Waals surface area contributed by atoms with Gasteiger partial charge in [-0.15, -0.1) is 11.3 Å². The van der Waals surface area contributed by atoms with E-state index >= 15 is 0 Å². The Morgan fingerprint density at radius 1 is 1.42 bits per heavy atom. The summed E-state index contributed by atoms with van der Waals surface area (Å²) in [6, 6.07) is 5.68. The molecule has 0 bridgehead atoms. The maximum absolute atomic E-state index is 12.0. The second-order valence-electron chi connectivity index (χ2n) is 4.29. The zero-order chi connectivity index (χ0) is 13.8. The van der Waals surface area contributed by atoms with Crippen LogP contribution in [0.1, 0.15) is 16.3 Å². The minimum atomic E-state index is -0.0887. The number of hydrogen-bond acceptors (Lipinski definition) is 4. The second kappa shape index (κ2) is 5.84. The van der Waals surface area contributed by atoms with Crippen molar-refractivity contribution in [3.63, 3.8) is 0 Å². The van der Waals surface area contributed by atoms with Crippen LogP contribution >= 0.6 is 11.3 Å². The van der Waals surface area contributed by atoms with E-state index in [0.29, 0.717) is 11.4 Å². The fraction of sp³-hybridized carbons (Fsp3) is 0.286. The molecule has 1 heterocycles. The molecule has 0 aliphatic rings. The van der Waals surface area contributed by atoms with Gasteiger partial charge >= 0.3 is 0 Å². The molecule has 0 spiro atoms. The van der Waals surface area contributed by atoms with Crippen LogP contribution in [0.2, 0.25) is 0 Å². The van der Waals surface area contributed by atoms with Crippen LogP contribution in [0.4, 0.5) is 5.69 Å². The van der Waals surface area contributed by atoms with E-state index in [9.17, 15) is 4.79 Å². The van der Waals surface area contributed by atoms with Crippen LogP contribution in [0.25, 0.3) is 0 Å². The third kappa shape index (κ3) is 3.54. The summed E-state index contributed by atoms with van der Waals surface area (Å²) in [5.74, 6) is 0.572. The molecule has 100 valence electrons. The van der Waals surface area contributed by atoms with E-state index < -0.39 is 0 Å². The first-order valence-corrected chi connectivity index (χ1v) is 6.82. The van der Waals surface area contributed by atoms with Crippen molar-refractivity contribution < 1.29 is 9.53 Å². The average Bonchev–Trinajstić information content (AvgIpc) is 2.75. The molecule has 2 aromatic rings. The minimum absolute atomic E-state index is 0.0887. The van der Waals surface area contributed by atoms with Gasteiger partial charge in [-0.25, -0.2) is 4.98 Å². The fourth-order valence-corrected chi connectivity index (χ4v) is 2.38. The second-order valence-corrected chi connectivity index (χ2v) is 5.35. The Morgan fingerprint density at radius 3 is 2.84 bits per heavy atom. The Labute approximate surface area is 116 Å². The first-order valence-electron chi connectivity index (χ1n) is 5.94. The van der Waals surface area contributed by atoms with Gasteiger partial charge in [0.15, 0.2) is 0 Å². The van der Waals surface area contributed by atoms with Gasteiger partial charge in [0.25, 0.3) is 0 Å². The van der Waals surface area contributed by atoms with Gasteiger partial charge in [0.2, 0.25) is 5.91 Å². The number of carbonyl (C=O) groups excluding carboxylic acids is 1. The SMILES string of the molecule is COc1ccc(C)cc1NC(=O)Cc1csc(C)n1. The summed E-state index contributed by atoms with van der Waals surface area (Å²) in [5.41, 5.74) is 2.56. The van der Waals surface area contributed by atoms with Gasteiger partial charge in [0.05, 0.1) is 29.9 Å². The zero-order valence-electron chi connectivity index (χ0n) is 11.2. The molecule has 0 saturated heterocycles. The molecule has 1 N–H and O–H groups in total. The van der Waals surface area contributed by atoms with Gasteiger partial charge in [0.1, 0.15) is 5.75 Å². The van der Waals surface area contributed by atoms with E-state index in [1.165, 1.54) is 0 Å². The van der Waals surface area contributed by atoms with Crippen LogP contribution in [0, 0.1) is 13.8 Å². The Hall–Kier alpha value is -1.88. The molecule has 0 saturated carbocycles. The molecule has 0 aliphatic carbocycles. The highest BCUT2D eigenvalue weighted by molar-refractivity contribution is 7.09. The number of thiazole rings is 1. The number of aromatic nitrogens is 1. The summed E-state index contributed by atoms with van der Waals surface area (Å²) in [4.78, 5) is 16.2. The molecule has 19 heavy (non-hydrogen) atoms. The van der Waals surface area contributed by atoms with Crippen LogP contribution in [0.3, 0.4) is 0 Å². The lowest BCUT2D eigenvalue weighted by Crippen LogP contribution is -2.15. The molecular formula is C14H16N2O2S. The lowest BCUT2D eigenvalue weighted by Gasteiger charge is -2.10. The first-order chi connectivity index (χ1) is 9.08. The molecule has 1 amide bonds. The number of anilines is 1. The van der Waals surface area contributed by atoms with Crippen LogP contribution in [0.15, 0.2) is 23.6 Å². The summed E-state index contributed by atoms with van der Waals surface area (Å²) in [6.07, 6.45) is 0.279. The van der Waals surface area contributed by atoms with E-state index in [-0.39, 0.29) is 12.3 Å². The number of methoxy groups -OCH3 is 1. The van der Waals surface area contributed by atoms with Crippen molar-refractivity contribution >= 4 is 22.9 Å². The Balaban J connectivity index is 2.08. The van der Waals surface area contributed by atoms with E-state index in [2.05, 4.69) is 10.3 Å². The molecule has 1 aromatic carbocycles. The predicted molar refractivity (Wildman–Crippen MR) is 76.9 cm³/mol. The number of carbonyl (C=O) groups is 1. The Kier molecular flexibility index (Phi) is 4.16. The lowest BCUT2D eigenvalue weighted by atomic mass is 10.2. The topological polar surface area (TPSA) is 51.2 Å². The fourth-order valence-electron chi connectivity index (χ4n) is 1.77. The van der Waals surface area contributed by atoms with Gasteiger partial charge in [-0.1, -0.05) is 6.07 Å². The smallest absolute Gasteiger partial charge is 0.230 e. The molecule has 0 aliphatic heterocycles. The van der Waals surface area contributed by atoms with E-state index in [1.807, 2.05) is 37.4 Å². The summed E-state index contributed by atoms with van der Waals surface area (Å²) >= 11 is 1.55. The Bertz CT molecular complexity index is 593. The van der Waals surface area contributed by atoms with Crippen molar-refractivity contribution in [3.8, 4) is 5.75 Å². The summed E-state index contributed by atoms with van der Waals surface area (Å²) < 4.78 is 5.23. The zero-order valence-corrected chi connectivity index (χ0v) is 12.0. The largest absolute Gasteiger partial charge is 0.495 e. The van der Waals surface area contributed by atoms with Gasteiger partial charge in [-0.05, 0) is 31.5 Å². The number of ether oxygens (including phenoxy) is 1. The van der Waals surface area contributed by atoms with E-state index in [4.69, 9.17) is 4.74 Å². The van der Waals surface area contributed by atoms with Crippen molar-refractivity contribution in [2.75, 3.05) is 12.4 Å². The highest BCUT2D eigenvalue weighted by Gasteiger charge is 2.10. The molecule has 1 aromatic heterocycles. The maximum Gasteiger partial charge on any atom is 0.230 e. The molecule has 0 fully saturated rings. The third-order valence-electron chi connectivity index (χ3n) is 2.64.